The van der Waals surface area contributed by atoms with Crippen LogP contribution in [-0.4, -0.2) is 25.5 Å². The molecule has 3 heteroatoms. The van der Waals surface area contributed by atoms with Gasteiger partial charge in [0.05, 0.1) is 0 Å². The van der Waals surface area contributed by atoms with Crippen LogP contribution < -0.4 is 5.73 Å². The van der Waals surface area contributed by atoms with Crippen LogP contribution in [0.2, 0.25) is 0 Å². The molecule has 146 valence electrons. The summed E-state index contributed by atoms with van der Waals surface area (Å²) in [6, 6.07) is 0. The van der Waals surface area contributed by atoms with Gasteiger partial charge in [0, 0.05) is 25.2 Å². The molecule has 0 amide bonds. The molecule has 0 heterocycles. The minimum atomic E-state index is -0.667. The minimum absolute atomic E-state index is 0.162. The third-order valence-corrected chi connectivity index (χ3v) is 6.61. The fourth-order valence-corrected chi connectivity index (χ4v) is 2.73. The van der Waals surface area contributed by atoms with Crippen molar-refractivity contribution in [3.05, 3.63) is 0 Å². The third kappa shape index (κ3) is 6.65. The van der Waals surface area contributed by atoms with Crippen LogP contribution >= 0.6 is 0 Å². The van der Waals surface area contributed by atoms with E-state index in [1.807, 2.05) is 6.92 Å². The standard InChI is InChI=1S/C21H45NO2/c1-11-20(9,17(4)5)12-13-24-21(10,22)19(7,8)18(6)15-23-14-16(2)3/h16-18H,11-15,22H2,1-10H3. The number of ether oxygens (including phenoxy) is 2. The zero-order chi connectivity index (χ0) is 19.2. The summed E-state index contributed by atoms with van der Waals surface area (Å²) in [6.45, 7) is 24.4. The van der Waals surface area contributed by atoms with Crippen LogP contribution in [0.15, 0.2) is 0 Å². The first-order valence-corrected chi connectivity index (χ1v) is 9.80. The van der Waals surface area contributed by atoms with Crippen molar-refractivity contribution in [2.75, 3.05) is 19.8 Å². The third-order valence-electron chi connectivity index (χ3n) is 6.61. The number of hydrogen-bond donors (Lipinski definition) is 1. The van der Waals surface area contributed by atoms with Gasteiger partial charge in [-0.3, -0.25) is 0 Å². The quantitative estimate of drug-likeness (QED) is 0.477. The Kier molecular flexibility index (Phi) is 9.49. The highest BCUT2D eigenvalue weighted by Crippen LogP contribution is 2.39. The average Bonchev–Trinajstić information content (AvgIpc) is 2.45. The Morgan fingerprint density at radius 1 is 0.917 bits per heavy atom. The molecule has 0 radical (unpaired) electrons. The van der Waals surface area contributed by atoms with E-state index in [9.17, 15) is 0 Å². The van der Waals surface area contributed by atoms with Crippen molar-refractivity contribution in [1.29, 1.82) is 0 Å². The van der Waals surface area contributed by atoms with Gasteiger partial charge in [-0.25, -0.2) is 0 Å². The summed E-state index contributed by atoms with van der Waals surface area (Å²) < 4.78 is 12.0. The number of nitrogens with two attached hydrogens (primary N) is 1. The smallest absolute Gasteiger partial charge is 0.119 e. The zero-order valence-electron chi connectivity index (χ0n) is 18.2. The summed E-state index contributed by atoms with van der Waals surface area (Å²) in [7, 11) is 0. The molecule has 0 bridgehead atoms. The molecule has 0 aliphatic heterocycles. The van der Waals surface area contributed by atoms with Crippen LogP contribution in [0.25, 0.3) is 0 Å². The van der Waals surface area contributed by atoms with Gasteiger partial charge in [-0.15, -0.1) is 0 Å². The Balaban J connectivity index is 4.66. The monoisotopic (exact) mass is 343 g/mol. The number of hydrogen-bond acceptors (Lipinski definition) is 3. The van der Waals surface area contributed by atoms with Crippen molar-refractivity contribution in [2.45, 2.75) is 87.8 Å². The molecule has 0 aliphatic carbocycles. The van der Waals surface area contributed by atoms with Crippen LogP contribution in [0.1, 0.15) is 82.1 Å². The molecule has 2 N–H and O–H groups in total. The van der Waals surface area contributed by atoms with Crippen molar-refractivity contribution < 1.29 is 9.47 Å². The minimum Gasteiger partial charge on any atom is -0.381 e. The van der Waals surface area contributed by atoms with Crippen molar-refractivity contribution in [1.82, 2.24) is 0 Å². The van der Waals surface area contributed by atoms with Crippen molar-refractivity contribution in [3.8, 4) is 0 Å². The Hall–Kier alpha value is -0.120. The molecule has 0 aromatic carbocycles. The summed E-state index contributed by atoms with van der Waals surface area (Å²) in [5.41, 5.74) is 6.08. The second-order valence-corrected chi connectivity index (χ2v) is 9.42. The normalized spacial score (nSPS) is 19.4. The Morgan fingerprint density at radius 2 is 1.46 bits per heavy atom. The van der Waals surface area contributed by atoms with Gasteiger partial charge in [-0.2, -0.15) is 0 Å². The lowest BCUT2D eigenvalue weighted by Gasteiger charge is -2.45. The second kappa shape index (κ2) is 9.54. The highest BCUT2D eigenvalue weighted by Gasteiger charge is 2.43. The second-order valence-electron chi connectivity index (χ2n) is 9.42. The summed E-state index contributed by atoms with van der Waals surface area (Å²) in [4.78, 5) is 0. The van der Waals surface area contributed by atoms with E-state index >= 15 is 0 Å². The van der Waals surface area contributed by atoms with E-state index in [1.54, 1.807) is 0 Å². The average molecular weight is 344 g/mol. The fourth-order valence-electron chi connectivity index (χ4n) is 2.73. The molecule has 0 aliphatic rings. The van der Waals surface area contributed by atoms with E-state index < -0.39 is 5.72 Å². The highest BCUT2D eigenvalue weighted by molar-refractivity contribution is 4.90. The predicted octanol–water partition coefficient (Wildman–Crippen LogP) is 5.48. The maximum atomic E-state index is 6.60. The van der Waals surface area contributed by atoms with E-state index in [-0.39, 0.29) is 5.41 Å². The molecule has 0 saturated heterocycles. The summed E-state index contributed by atoms with van der Waals surface area (Å²) in [5, 5.41) is 0. The molecule has 0 saturated carbocycles. The van der Waals surface area contributed by atoms with E-state index in [0.717, 1.165) is 26.1 Å². The van der Waals surface area contributed by atoms with E-state index in [1.165, 1.54) is 0 Å². The zero-order valence-corrected chi connectivity index (χ0v) is 18.2. The molecule has 0 spiro atoms. The Labute approximate surface area is 152 Å². The van der Waals surface area contributed by atoms with Crippen molar-refractivity contribution in [3.63, 3.8) is 0 Å². The van der Waals surface area contributed by atoms with E-state index in [0.29, 0.717) is 29.8 Å². The topological polar surface area (TPSA) is 44.5 Å². The first-order chi connectivity index (χ1) is 10.8. The molecule has 3 nitrogen and oxygen atoms in total. The van der Waals surface area contributed by atoms with Gasteiger partial charge in [0.2, 0.25) is 0 Å². The molecular weight excluding hydrogens is 298 g/mol. The Morgan fingerprint density at radius 3 is 1.88 bits per heavy atom. The van der Waals surface area contributed by atoms with Crippen molar-refractivity contribution >= 4 is 0 Å². The van der Waals surface area contributed by atoms with E-state index in [2.05, 4.69) is 62.3 Å². The molecule has 24 heavy (non-hydrogen) atoms. The van der Waals surface area contributed by atoms with Gasteiger partial charge in [-0.05, 0) is 36.5 Å². The van der Waals surface area contributed by atoms with E-state index in [4.69, 9.17) is 15.2 Å². The molecular formula is C21H45NO2. The van der Waals surface area contributed by atoms with Crippen molar-refractivity contribution in [2.24, 2.45) is 34.3 Å². The maximum Gasteiger partial charge on any atom is 0.119 e. The van der Waals surface area contributed by atoms with Crippen LogP contribution in [0, 0.1) is 28.6 Å². The molecule has 0 aromatic rings. The van der Waals surface area contributed by atoms with Gasteiger partial charge in [-0.1, -0.05) is 68.7 Å². The van der Waals surface area contributed by atoms with Gasteiger partial charge in [0.15, 0.2) is 0 Å². The maximum absolute atomic E-state index is 6.60. The predicted molar refractivity (Wildman–Crippen MR) is 105 cm³/mol. The SMILES string of the molecule is CCC(C)(CCOC(C)(N)C(C)(C)C(C)COCC(C)C)C(C)C. The van der Waals surface area contributed by atoms with Gasteiger partial charge < -0.3 is 15.2 Å². The van der Waals surface area contributed by atoms with Crippen LogP contribution in [0.5, 0.6) is 0 Å². The molecule has 3 unspecified atom stereocenters. The first-order valence-electron chi connectivity index (χ1n) is 9.80. The fraction of sp³-hybridized carbons (Fsp3) is 1.00. The van der Waals surface area contributed by atoms with Crippen LogP contribution in [0.4, 0.5) is 0 Å². The molecule has 0 aromatic heterocycles. The summed E-state index contributed by atoms with van der Waals surface area (Å²) >= 11 is 0. The molecule has 0 rings (SSSR count). The Bertz CT molecular complexity index is 350. The molecule has 3 atom stereocenters. The lowest BCUT2D eigenvalue weighted by atomic mass is 9.72. The number of rotatable bonds is 12. The highest BCUT2D eigenvalue weighted by atomic mass is 16.5. The molecule has 0 fully saturated rings. The first kappa shape index (κ1) is 23.9. The van der Waals surface area contributed by atoms with Gasteiger partial charge in [0.1, 0.15) is 5.72 Å². The summed E-state index contributed by atoms with van der Waals surface area (Å²) in [6.07, 6.45) is 2.21. The lowest BCUT2D eigenvalue weighted by Crippen LogP contribution is -2.56. The van der Waals surface area contributed by atoms with Crippen LogP contribution in [-0.2, 0) is 9.47 Å². The van der Waals surface area contributed by atoms with Gasteiger partial charge in [0.25, 0.3) is 0 Å². The van der Waals surface area contributed by atoms with Crippen LogP contribution in [0.3, 0.4) is 0 Å². The summed E-state index contributed by atoms with van der Waals surface area (Å²) in [5.74, 6) is 1.53. The largest absolute Gasteiger partial charge is 0.381 e. The lowest BCUT2D eigenvalue weighted by molar-refractivity contribution is -0.143. The van der Waals surface area contributed by atoms with Gasteiger partial charge >= 0.3 is 0 Å².